The molecular formula is C21H22ClN5O2S. The highest BCUT2D eigenvalue weighted by molar-refractivity contribution is 7.99. The van der Waals surface area contributed by atoms with E-state index in [2.05, 4.69) is 34.0 Å². The third kappa shape index (κ3) is 5.61. The number of nitrogens with one attached hydrogen (secondary N) is 1. The van der Waals surface area contributed by atoms with Crippen LogP contribution in [0, 0.1) is 13.8 Å². The summed E-state index contributed by atoms with van der Waals surface area (Å²) in [5.41, 5.74) is 2.84. The van der Waals surface area contributed by atoms with Crippen molar-refractivity contribution in [3.8, 4) is 5.75 Å². The molecule has 0 aliphatic carbocycles. The molecule has 9 heteroatoms. The number of amides is 1. The van der Waals surface area contributed by atoms with Crippen molar-refractivity contribution in [2.24, 2.45) is 0 Å². The summed E-state index contributed by atoms with van der Waals surface area (Å²) in [7, 11) is 0. The van der Waals surface area contributed by atoms with E-state index in [1.54, 1.807) is 24.4 Å². The van der Waals surface area contributed by atoms with E-state index in [0.717, 1.165) is 11.3 Å². The average molecular weight is 444 g/mol. The molecule has 0 spiro atoms. The van der Waals surface area contributed by atoms with Crippen molar-refractivity contribution < 1.29 is 9.53 Å². The van der Waals surface area contributed by atoms with Crippen molar-refractivity contribution in [2.45, 2.75) is 32.2 Å². The zero-order chi connectivity index (χ0) is 21.5. The molecule has 1 aromatic carbocycles. The molecule has 3 aromatic rings. The number of carbonyl (C=O) groups is 1. The first-order valence-corrected chi connectivity index (χ1v) is 10.6. The van der Waals surface area contributed by atoms with Crippen LogP contribution in [-0.4, -0.2) is 31.4 Å². The van der Waals surface area contributed by atoms with Gasteiger partial charge in [-0.05, 0) is 49.2 Å². The average Bonchev–Trinajstić information content (AvgIpc) is 3.11. The first-order chi connectivity index (χ1) is 14.5. The zero-order valence-corrected chi connectivity index (χ0v) is 18.3. The molecule has 156 valence electrons. The van der Waals surface area contributed by atoms with Crippen molar-refractivity contribution in [3.63, 3.8) is 0 Å². The highest BCUT2D eigenvalue weighted by atomic mass is 35.5. The maximum absolute atomic E-state index is 12.3. The van der Waals surface area contributed by atoms with Gasteiger partial charge in [-0.15, -0.1) is 16.8 Å². The quantitative estimate of drug-likeness (QED) is 0.299. The molecule has 0 fully saturated rings. The Bertz CT molecular complexity index is 1050. The fourth-order valence-electron chi connectivity index (χ4n) is 2.59. The summed E-state index contributed by atoms with van der Waals surface area (Å²) < 4.78 is 7.76. The summed E-state index contributed by atoms with van der Waals surface area (Å²) in [5, 5.41) is 12.0. The molecule has 30 heavy (non-hydrogen) atoms. The SMILES string of the molecule is C=CCn1c(COc2ccc(C)c(C)c2)nnc1SCC(=O)Nc1cccnc1Cl. The number of aryl methyl sites for hydroxylation is 2. The van der Waals surface area contributed by atoms with Gasteiger partial charge >= 0.3 is 0 Å². The summed E-state index contributed by atoms with van der Waals surface area (Å²) in [6.07, 6.45) is 3.31. The molecule has 2 aromatic heterocycles. The van der Waals surface area contributed by atoms with Crippen LogP contribution in [0.25, 0.3) is 0 Å². The molecule has 0 saturated heterocycles. The number of nitrogens with zero attached hydrogens (tertiary/aromatic N) is 4. The van der Waals surface area contributed by atoms with Crippen LogP contribution in [0.2, 0.25) is 5.15 Å². The second kappa shape index (κ2) is 10.3. The minimum atomic E-state index is -0.212. The van der Waals surface area contributed by atoms with Gasteiger partial charge in [0.2, 0.25) is 5.91 Å². The van der Waals surface area contributed by atoms with E-state index in [4.69, 9.17) is 16.3 Å². The molecule has 0 radical (unpaired) electrons. The summed E-state index contributed by atoms with van der Waals surface area (Å²) in [6, 6.07) is 9.35. The molecule has 1 amide bonds. The highest BCUT2D eigenvalue weighted by Gasteiger charge is 2.15. The fourth-order valence-corrected chi connectivity index (χ4v) is 3.53. The largest absolute Gasteiger partial charge is 0.486 e. The van der Waals surface area contributed by atoms with Crippen molar-refractivity contribution in [1.29, 1.82) is 0 Å². The topological polar surface area (TPSA) is 81.9 Å². The molecule has 0 saturated carbocycles. The highest BCUT2D eigenvalue weighted by Crippen LogP contribution is 2.22. The van der Waals surface area contributed by atoms with Crippen LogP contribution < -0.4 is 10.1 Å². The summed E-state index contributed by atoms with van der Waals surface area (Å²) >= 11 is 7.25. The summed E-state index contributed by atoms with van der Waals surface area (Å²) in [4.78, 5) is 16.2. The molecule has 0 atom stereocenters. The van der Waals surface area contributed by atoms with Crippen molar-refractivity contribution in [3.05, 3.63) is 71.3 Å². The summed E-state index contributed by atoms with van der Waals surface area (Å²) in [6.45, 7) is 8.67. The number of carbonyl (C=O) groups excluding carboxylic acids is 1. The van der Waals surface area contributed by atoms with Crippen LogP contribution in [0.4, 0.5) is 5.69 Å². The Balaban J connectivity index is 1.63. The molecule has 0 bridgehead atoms. The van der Waals surface area contributed by atoms with Crippen LogP contribution in [0.5, 0.6) is 5.75 Å². The van der Waals surface area contributed by atoms with Crippen molar-refractivity contribution in [1.82, 2.24) is 19.7 Å². The molecule has 0 aliphatic heterocycles. The number of rotatable bonds is 9. The van der Waals surface area contributed by atoms with E-state index in [9.17, 15) is 4.79 Å². The zero-order valence-electron chi connectivity index (χ0n) is 16.8. The Kier molecular flexibility index (Phi) is 7.48. The molecule has 1 N–H and O–H groups in total. The Morgan fingerprint density at radius 2 is 2.13 bits per heavy atom. The van der Waals surface area contributed by atoms with E-state index in [1.165, 1.54) is 17.3 Å². The maximum atomic E-state index is 12.3. The number of aromatic nitrogens is 4. The van der Waals surface area contributed by atoms with Gasteiger partial charge < -0.3 is 10.1 Å². The number of anilines is 1. The van der Waals surface area contributed by atoms with Crippen molar-refractivity contribution in [2.75, 3.05) is 11.1 Å². The van der Waals surface area contributed by atoms with Gasteiger partial charge in [-0.25, -0.2) is 4.98 Å². The first kappa shape index (κ1) is 21.9. The van der Waals surface area contributed by atoms with Crippen molar-refractivity contribution >= 4 is 35.0 Å². The molecule has 0 unspecified atom stereocenters. The van der Waals surface area contributed by atoms with Gasteiger partial charge in [0.15, 0.2) is 16.1 Å². The van der Waals surface area contributed by atoms with E-state index in [1.807, 2.05) is 29.7 Å². The number of pyridine rings is 1. The molecular weight excluding hydrogens is 422 g/mol. The summed E-state index contributed by atoms with van der Waals surface area (Å²) in [5.74, 6) is 1.37. The maximum Gasteiger partial charge on any atom is 0.234 e. The van der Waals surface area contributed by atoms with Gasteiger partial charge in [0.25, 0.3) is 0 Å². The number of ether oxygens (including phenoxy) is 1. The van der Waals surface area contributed by atoms with Gasteiger partial charge in [0.1, 0.15) is 12.4 Å². The van der Waals surface area contributed by atoms with E-state index in [-0.39, 0.29) is 23.4 Å². The van der Waals surface area contributed by atoms with E-state index >= 15 is 0 Å². The minimum absolute atomic E-state index is 0.151. The number of hydrogen-bond donors (Lipinski definition) is 1. The van der Waals surface area contributed by atoms with Crippen LogP contribution in [0.15, 0.2) is 54.3 Å². The van der Waals surface area contributed by atoms with Gasteiger partial charge in [0.05, 0.1) is 11.4 Å². The number of halogens is 1. The molecule has 7 nitrogen and oxygen atoms in total. The standard InChI is InChI=1S/C21H22ClN5O2S/c1-4-10-27-18(12-29-16-8-7-14(2)15(3)11-16)25-26-21(27)30-13-19(28)24-17-6-5-9-23-20(17)22/h4-9,11H,1,10,12-13H2,2-3H3,(H,24,28). The normalized spacial score (nSPS) is 10.6. The third-order valence-corrected chi connectivity index (χ3v) is 5.58. The lowest BCUT2D eigenvalue weighted by molar-refractivity contribution is -0.113. The number of hydrogen-bond acceptors (Lipinski definition) is 6. The lowest BCUT2D eigenvalue weighted by Crippen LogP contribution is -2.15. The first-order valence-electron chi connectivity index (χ1n) is 9.24. The second-order valence-corrected chi connectivity index (χ2v) is 7.81. The van der Waals surface area contributed by atoms with E-state index in [0.29, 0.717) is 23.2 Å². The number of benzene rings is 1. The van der Waals surface area contributed by atoms with Gasteiger partial charge in [-0.1, -0.05) is 35.5 Å². The predicted octanol–water partition coefficient (Wildman–Crippen LogP) is 4.44. The van der Waals surface area contributed by atoms with Gasteiger partial charge in [-0.3, -0.25) is 9.36 Å². The van der Waals surface area contributed by atoms with Gasteiger partial charge in [-0.2, -0.15) is 0 Å². The van der Waals surface area contributed by atoms with Crippen LogP contribution in [-0.2, 0) is 17.9 Å². The van der Waals surface area contributed by atoms with E-state index < -0.39 is 0 Å². The molecule has 3 rings (SSSR count). The lowest BCUT2D eigenvalue weighted by Gasteiger charge is -2.10. The number of thioether (sulfide) groups is 1. The van der Waals surface area contributed by atoms with Crippen LogP contribution >= 0.6 is 23.4 Å². The number of allylic oxidation sites excluding steroid dienone is 1. The molecule has 2 heterocycles. The minimum Gasteiger partial charge on any atom is -0.486 e. The Morgan fingerprint density at radius 3 is 2.87 bits per heavy atom. The lowest BCUT2D eigenvalue weighted by atomic mass is 10.1. The Labute approximate surface area is 184 Å². The Morgan fingerprint density at radius 1 is 1.30 bits per heavy atom. The fraction of sp³-hybridized carbons (Fsp3) is 0.238. The smallest absolute Gasteiger partial charge is 0.234 e. The monoisotopic (exact) mass is 443 g/mol. The van der Waals surface area contributed by atoms with Gasteiger partial charge in [0, 0.05) is 12.7 Å². The predicted molar refractivity (Wildman–Crippen MR) is 119 cm³/mol. The van der Waals surface area contributed by atoms with Crippen LogP contribution in [0.1, 0.15) is 17.0 Å². The second-order valence-electron chi connectivity index (χ2n) is 6.51. The van der Waals surface area contributed by atoms with Crippen LogP contribution in [0.3, 0.4) is 0 Å². The molecule has 0 aliphatic rings. The third-order valence-electron chi connectivity index (χ3n) is 4.32. The Hall–Kier alpha value is -2.84.